The van der Waals surface area contributed by atoms with E-state index in [1.165, 1.54) is 0 Å². The third kappa shape index (κ3) is 9.12. The fraction of sp³-hybridized carbons (Fsp3) is 0.923. The number of amides is 1. The van der Waals surface area contributed by atoms with Crippen LogP contribution in [0.15, 0.2) is 0 Å². The molecule has 0 saturated heterocycles. The molecule has 0 bridgehead atoms. The average Bonchev–Trinajstić information content (AvgIpc) is 2.25. The molecule has 0 spiro atoms. The van der Waals surface area contributed by atoms with E-state index in [1.807, 2.05) is 13.8 Å². The van der Waals surface area contributed by atoms with Crippen molar-refractivity contribution in [3.63, 3.8) is 0 Å². The summed E-state index contributed by atoms with van der Waals surface area (Å²) in [6.07, 6.45) is 2.35. The molecular formula is C13H28N2O2. The Hall–Kier alpha value is -0.610. The van der Waals surface area contributed by atoms with Gasteiger partial charge in [0.2, 0.25) is 5.91 Å². The zero-order valence-electron chi connectivity index (χ0n) is 11.7. The van der Waals surface area contributed by atoms with E-state index in [0.29, 0.717) is 18.9 Å². The first-order valence-electron chi connectivity index (χ1n) is 6.61. The smallest absolute Gasteiger partial charge is 0.220 e. The lowest BCUT2D eigenvalue weighted by atomic mass is 10.0. The average molecular weight is 244 g/mol. The van der Waals surface area contributed by atoms with Gasteiger partial charge < -0.3 is 15.8 Å². The lowest BCUT2D eigenvalue weighted by Crippen LogP contribution is -2.31. The zero-order chi connectivity index (χ0) is 13.3. The number of hydrogen-bond donors (Lipinski definition) is 2. The first kappa shape index (κ1) is 16.4. The highest BCUT2D eigenvalue weighted by molar-refractivity contribution is 5.75. The van der Waals surface area contributed by atoms with Crippen molar-refractivity contribution in [3.05, 3.63) is 0 Å². The summed E-state index contributed by atoms with van der Waals surface area (Å²) in [5.41, 5.74) is 5.60. The van der Waals surface area contributed by atoms with Crippen molar-refractivity contribution in [1.82, 2.24) is 5.32 Å². The minimum atomic E-state index is 0.0845. The summed E-state index contributed by atoms with van der Waals surface area (Å²) in [4.78, 5) is 11.4. The summed E-state index contributed by atoms with van der Waals surface area (Å²) < 4.78 is 5.61. The molecule has 0 aliphatic heterocycles. The van der Waals surface area contributed by atoms with Gasteiger partial charge in [-0.15, -0.1) is 0 Å². The van der Waals surface area contributed by atoms with Crippen LogP contribution in [0.3, 0.4) is 0 Å². The van der Waals surface area contributed by atoms with Crippen molar-refractivity contribution in [3.8, 4) is 0 Å². The standard InChI is InChI=1S/C13H28N2O2/c1-5-17-12(10(2)3)8-9-15-13(16)7-6-11(4)14/h10-12H,5-9,14H2,1-4H3,(H,15,16). The number of carbonyl (C=O) groups is 1. The highest BCUT2D eigenvalue weighted by atomic mass is 16.5. The number of nitrogens with two attached hydrogens (primary N) is 1. The monoisotopic (exact) mass is 244 g/mol. The van der Waals surface area contributed by atoms with Crippen LogP contribution in [0.5, 0.6) is 0 Å². The fourth-order valence-corrected chi connectivity index (χ4v) is 1.62. The fourth-order valence-electron chi connectivity index (χ4n) is 1.62. The van der Waals surface area contributed by atoms with Crippen molar-refractivity contribution in [2.45, 2.75) is 59.1 Å². The van der Waals surface area contributed by atoms with Crippen LogP contribution in [0.2, 0.25) is 0 Å². The van der Waals surface area contributed by atoms with Crippen molar-refractivity contribution in [1.29, 1.82) is 0 Å². The summed E-state index contributed by atoms with van der Waals surface area (Å²) in [5, 5.41) is 2.91. The van der Waals surface area contributed by atoms with Crippen LogP contribution in [-0.4, -0.2) is 31.2 Å². The number of hydrogen-bond acceptors (Lipinski definition) is 3. The van der Waals surface area contributed by atoms with Crippen LogP contribution in [0.4, 0.5) is 0 Å². The third-order valence-corrected chi connectivity index (χ3v) is 2.70. The van der Waals surface area contributed by atoms with Gasteiger partial charge in [-0.3, -0.25) is 4.79 Å². The van der Waals surface area contributed by atoms with E-state index in [1.54, 1.807) is 0 Å². The molecule has 0 saturated carbocycles. The summed E-state index contributed by atoms with van der Waals surface area (Å²) in [7, 11) is 0. The molecule has 0 fully saturated rings. The molecule has 2 atom stereocenters. The van der Waals surface area contributed by atoms with Crippen molar-refractivity contribution in [2.24, 2.45) is 11.7 Å². The van der Waals surface area contributed by atoms with Crippen molar-refractivity contribution < 1.29 is 9.53 Å². The molecule has 2 unspecified atom stereocenters. The second kappa shape index (κ2) is 9.42. The summed E-state index contributed by atoms with van der Waals surface area (Å²) in [5.74, 6) is 0.567. The van der Waals surface area contributed by atoms with Gasteiger partial charge in [0.05, 0.1) is 6.10 Å². The SMILES string of the molecule is CCOC(CCNC(=O)CCC(C)N)C(C)C. The first-order valence-corrected chi connectivity index (χ1v) is 6.61. The molecule has 4 heteroatoms. The molecule has 0 aromatic heterocycles. The lowest BCUT2D eigenvalue weighted by molar-refractivity contribution is -0.121. The third-order valence-electron chi connectivity index (χ3n) is 2.70. The molecule has 0 heterocycles. The zero-order valence-corrected chi connectivity index (χ0v) is 11.7. The Morgan fingerprint density at radius 3 is 2.41 bits per heavy atom. The Morgan fingerprint density at radius 1 is 1.29 bits per heavy atom. The molecule has 102 valence electrons. The largest absolute Gasteiger partial charge is 0.378 e. The van der Waals surface area contributed by atoms with Crippen LogP contribution in [0.1, 0.15) is 47.0 Å². The van der Waals surface area contributed by atoms with Gasteiger partial charge in [0.15, 0.2) is 0 Å². The number of carbonyl (C=O) groups excluding carboxylic acids is 1. The molecule has 0 aromatic carbocycles. The Bertz CT molecular complexity index is 206. The quantitative estimate of drug-likeness (QED) is 0.648. The highest BCUT2D eigenvalue weighted by Gasteiger charge is 2.13. The van der Waals surface area contributed by atoms with Crippen molar-refractivity contribution >= 4 is 5.91 Å². The molecule has 0 rings (SSSR count). The maximum Gasteiger partial charge on any atom is 0.220 e. The van der Waals surface area contributed by atoms with E-state index in [-0.39, 0.29) is 18.1 Å². The van der Waals surface area contributed by atoms with Gasteiger partial charge in [-0.1, -0.05) is 13.8 Å². The summed E-state index contributed by atoms with van der Waals surface area (Å²) >= 11 is 0. The molecule has 4 nitrogen and oxygen atoms in total. The number of rotatable bonds is 9. The van der Waals surface area contributed by atoms with E-state index >= 15 is 0 Å². The van der Waals surface area contributed by atoms with Gasteiger partial charge in [0.1, 0.15) is 0 Å². The van der Waals surface area contributed by atoms with E-state index < -0.39 is 0 Å². The van der Waals surface area contributed by atoms with Gasteiger partial charge in [-0.2, -0.15) is 0 Å². The minimum absolute atomic E-state index is 0.0845. The number of nitrogens with one attached hydrogen (secondary N) is 1. The molecule has 0 aromatic rings. The molecule has 0 aliphatic rings. The molecule has 1 amide bonds. The van der Waals surface area contributed by atoms with E-state index in [4.69, 9.17) is 10.5 Å². The minimum Gasteiger partial charge on any atom is -0.378 e. The second-order valence-electron chi connectivity index (χ2n) is 4.89. The van der Waals surface area contributed by atoms with E-state index in [0.717, 1.165) is 19.4 Å². The van der Waals surface area contributed by atoms with Gasteiger partial charge >= 0.3 is 0 Å². The Labute approximate surface area is 105 Å². The molecular weight excluding hydrogens is 216 g/mol. The van der Waals surface area contributed by atoms with Gasteiger partial charge in [0, 0.05) is 25.6 Å². The van der Waals surface area contributed by atoms with Crippen molar-refractivity contribution in [2.75, 3.05) is 13.2 Å². The van der Waals surface area contributed by atoms with Gasteiger partial charge in [0.25, 0.3) is 0 Å². The Morgan fingerprint density at radius 2 is 1.94 bits per heavy atom. The van der Waals surface area contributed by atoms with E-state index in [2.05, 4.69) is 19.2 Å². The summed E-state index contributed by atoms with van der Waals surface area (Å²) in [6.45, 7) is 9.59. The Kier molecular flexibility index (Phi) is 9.09. The normalized spacial score (nSPS) is 14.7. The summed E-state index contributed by atoms with van der Waals surface area (Å²) in [6, 6.07) is 0.0904. The van der Waals surface area contributed by atoms with Crippen LogP contribution >= 0.6 is 0 Å². The molecule has 17 heavy (non-hydrogen) atoms. The second-order valence-corrected chi connectivity index (χ2v) is 4.89. The van der Waals surface area contributed by atoms with Crippen LogP contribution in [0.25, 0.3) is 0 Å². The van der Waals surface area contributed by atoms with Gasteiger partial charge in [-0.25, -0.2) is 0 Å². The first-order chi connectivity index (χ1) is 7.97. The molecule has 0 radical (unpaired) electrons. The number of ether oxygens (including phenoxy) is 1. The molecule has 3 N–H and O–H groups in total. The maximum atomic E-state index is 11.4. The van der Waals surface area contributed by atoms with Crippen LogP contribution < -0.4 is 11.1 Å². The van der Waals surface area contributed by atoms with Gasteiger partial charge in [-0.05, 0) is 32.6 Å². The topological polar surface area (TPSA) is 64.3 Å². The van der Waals surface area contributed by atoms with E-state index in [9.17, 15) is 4.79 Å². The Balaban J connectivity index is 3.69. The maximum absolute atomic E-state index is 11.4. The molecule has 0 aliphatic carbocycles. The lowest BCUT2D eigenvalue weighted by Gasteiger charge is -2.20. The predicted octanol–water partition coefficient (Wildman–Crippen LogP) is 1.68. The van der Waals surface area contributed by atoms with Crippen LogP contribution in [0, 0.1) is 5.92 Å². The predicted molar refractivity (Wildman–Crippen MR) is 70.8 cm³/mol. The van der Waals surface area contributed by atoms with Crippen LogP contribution in [-0.2, 0) is 9.53 Å². The highest BCUT2D eigenvalue weighted by Crippen LogP contribution is 2.09.